The molecule has 2 N–H and O–H groups in total. The normalized spacial score (nSPS) is 11.5. The summed E-state index contributed by atoms with van der Waals surface area (Å²) < 4.78 is 12.3. The third-order valence-electron chi connectivity index (χ3n) is 3.86. The van der Waals surface area contributed by atoms with E-state index in [1.165, 1.54) is 0 Å². The molecule has 0 aliphatic heterocycles. The van der Waals surface area contributed by atoms with Crippen molar-refractivity contribution >= 4 is 34.0 Å². The fourth-order valence-electron chi connectivity index (χ4n) is 2.64. The Morgan fingerprint density at radius 1 is 1.24 bits per heavy atom. The highest BCUT2D eigenvalue weighted by Crippen LogP contribution is 2.28. The molecule has 0 unspecified atom stereocenters. The number of anilines is 1. The quantitative estimate of drug-likeness (QED) is 0.692. The summed E-state index contributed by atoms with van der Waals surface area (Å²) in [5.41, 5.74) is 8.99. The Labute approximate surface area is 145 Å². The summed E-state index contributed by atoms with van der Waals surface area (Å²) in [6.45, 7) is 5.20. The maximum absolute atomic E-state index is 12.6. The van der Waals surface area contributed by atoms with Crippen LogP contribution in [-0.4, -0.2) is 40.8 Å². The molecule has 7 nitrogen and oxygen atoms in total. The second-order valence-electron chi connectivity index (χ2n) is 6.28. The minimum absolute atomic E-state index is 0.235. The van der Waals surface area contributed by atoms with Crippen molar-refractivity contribution in [3.8, 4) is 0 Å². The number of benzene rings is 1. The Morgan fingerprint density at radius 2 is 1.92 bits per heavy atom. The molecule has 7 heteroatoms. The van der Waals surface area contributed by atoms with Crippen molar-refractivity contribution in [2.75, 3.05) is 26.1 Å². The molecule has 1 aromatic carbocycles. The average Bonchev–Trinajstić information content (AvgIpc) is 2.86. The van der Waals surface area contributed by atoms with Crippen molar-refractivity contribution in [2.24, 2.45) is 5.92 Å². The Bertz CT molecular complexity index is 917. The predicted octanol–water partition coefficient (Wildman–Crippen LogP) is 2.63. The van der Waals surface area contributed by atoms with Gasteiger partial charge in [-0.1, -0.05) is 26.0 Å². The predicted molar refractivity (Wildman–Crippen MR) is 96.4 cm³/mol. The number of hydrogen-bond acceptors (Lipinski definition) is 6. The lowest BCUT2D eigenvalue weighted by molar-refractivity contribution is 0.0462. The van der Waals surface area contributed by atoms with Crippen LogP contribution in [0.15, 0.2) is 24.3 Å². The molecule has 0 radical (unpaired) electrons. The van der Waals surface area contributed by atoms with Gasteiger partial charge in [-0.3, -0.25) is 0 Å². The number of nitrogens with zero attached hydrogens (tertiary/aromatic N) is 3. The minimum Gasteiger partial charge on any atom is -0.462 e. The van der Waals surface area contributed by atoms with Crippen LogP contribution in [0.4, 0.5) is 5.82 Å². The summed E-state index contributed by atoms with van der Waals surface area (Å²) in [4.78, 5) is 21.8. The van der Waals surface area contributed by atoms with E-state index in [0.29, 0.717) is 42.3 Å². The molecule has 0 aliphatic rings. The molecule has 0 atom stereocenters. The van der Waals surface area contributed by atoms with Crippen molar-refractivity contribution in [1.29, 1.82) is 0 Å². The smallest absolute Gasteiger partial charge is 0.344 e. The molecule has 0 saturated heterocycles. The second kappa shape index (κ2) is 7.06. The highest BCUT2D eigenvalue weighted by Gasteiger charge is 2.25. The third-order valence-corrected chi connectivity index (χ3v) is 3.86. The Balaban J connectivity index is 2.18. The van der Waals surface area contributed by atoms with Gasteiger partial charge in [-0.25, -0.2) is 14.8 Å². The number of carbonyl (C=O) groups is 1. The molecule has 132 valence electrons. The van der Waals surface area contributed by atoms with Crippen LogP contribution in [0, 0.1) is 5.92 Å². The van der Waals surface area contributed by atoms with E-state index in [-0.39, 0.29) is 11.5 Å². The Hall–Kier alpha value is -2.67. The maximum atomic E-state index is 12.6. The number of esters is 1. The molecule has 3 rings (SSSR count). The lowest BCUT2D eigenvalue weighted by Crippen LogP contribution is -2.13. The first-order valence-corrected chi connectivity index (χ1v) is 8.23. The van der Waals surface area contributed by atoms with Crippen molar-refractivity contribution in [3.05, 3.63) is 29.8 Å². The van der Waals surface area contributed by atoms with Gasteiger partial charge in [-0.05, 0) is 18.1 Å². The molecule has 0 amide bonds. The van der Waals surface area contributed by atoms with Gasteiger partial charge in [0.15, 0.2) is 5.65 Å². The fourth-order valence-corrected chi connectivity index (χ4v) is 2.64. The van der Waals surface area contributed by atoms with Gasteiger partial charge < -0.3 is 19.8 Å². The number of methoxy groups -OCH3 is 1. The molecule has 0 aliphatic carbocycles. The first-order chi connectivity index (χ1) is 12.0. The van der Waals surface area contributed by atoms with Gasteiger partial charge in [0.2, 0.25) is 0 Å². The lowest BCUT2D eigenvalue weighted by Gasteiger charge is -2.08. The zero-order valence-corrected chi connectivity index (χ0v) is 14.7. The van der Waals surface area contributed by atoms with Crippen molar-refractivity contribution in [3.63, 3.8) is 0 Å². The summed E-state index contributed by atoms with van der Waals surface area (Å²) >= 11 is 0. The van der Waals surface area contributed by atoms with E-state index in [1.807, 2.05) is 38.1 Å². The van der Waals surface area contributed by atoms with Crippen LogP contribution in [0.1, 0.15) is 24.2 Å². The molecule has 2 aromatic heterocycles. The highest BCUT2D eigenvalue weighted by atomic mass is 16.5. The van der Waals surface area contributed by atoms with Gasteiger partial charge in [-0.15, -0.1) is 0 Å². The summed E-state index contributed by atoms with van der Waals surface area (Å²) in [5, 5.41) is 0. The van der Waals surface area contributed by atoms with E-state index in [2.05, 4.69) is 9.97 Å². The molecular weight excluding hydrogens is 320 g/mol. The van der Waals surface area contributed by atoms with E-state index < -0.39 is 5.97 Å². The molecule has 25 heavy (non-hydrogen) atoms. The van der Waals surface area contributed by atoms with E-state index in [9.17, 15) is 4.79 Å². The van der Waals surface area contributed by atoms with Crippen LogP contribution in [0.2, 0.25) is 0 Å². The van der Waals surface area contributed by atoms with Gasteiger partial charge in [0.1, 0.15) is 16.9 Å². The van der Waals surface area contributed by atoms with Gasteiger partial charge in [0.25, 0.3) is 0 Å². The number of nitrogen functional groups attached to an aromatic ring is 1. The largest absolute Gasteiger partial charge is 0.462 e. The monoisotopic (exact) mass is 342 g/mol. The standard InChI is InChI=1S/C18H22N4O3/c1-11(2)10-25-18(23)14-15-17(22(16(14)19)8-9-24-3)21-13-7-5-4-6-12(13)20-15/h4-7,11H,8-10,19H2,1-3H3. The number of aromatic nitrogens is 3. The Kier molecular flexibility index (Phi) is 4.85. The minimum atomic E-state index is -0.475. The van der Waals surface area contributed by atoms with Crippen molar-refractivity contribution in [1.82, 2.24) is 14.5 Å². The van der Waals surface area contributed by atoms with Crippen molar-refractivity contribution < 1.29 is 14.3 Å². The number of hydrogen-bond donors (Lipinski definition) is 1. The number of para-hydroxylation sites is 2. The molecule has 3 aromatic rings. The number of rotatable bonds is 6. The number of fused-ring (bicyclic) bond motifs is 2. The molecule has 0 bridgehead atoms. The maximum Gasteiger partial charge on any atom is 0.344 e. The fraction of sp³-hybridized carbons (Fsp3) is 0.389. The van der Waals surface area contributed by atoms with E-state index in [1.54, 1.807) is 11.7 Å². The zero-order valence-electron chi connectivity index (χ0n) is 14.7. The number of ether oxygens (including phenoxy) is 2. The van der Waals surface area contributed by atoms with Crippen LogP contribution in [0.5, 0.6) is 0 Å². The topological polar surface area (TPSA) is 92.3 Å². The molecule has 0 saturated carbocycles. The summed E-state index contributed by atoms with van der Waals surface area (Å²) in [5.74, 6) is 0.0620. The Morgan fingerprint density at radius 3 is 2.56 bits per heavy atom. The first-order valence-electron chi connectivity index (χ1n) is 8.23. The van der Waals surface area contributed by atoms with E-state index in [4.69, 9.17) is 15.2 Å². The van der Waals surface area contributed by atoms with E-state index in [0.717, 1.165) is 5.52 Å². The molecule has 2 heterocycles. The number of nitrogens with two attached hydrogens (primary N) is 1. The zero-order chi connectivity index (χ0) is 18.0. The van der Waals surface area contributed by atoms with Crippen LogP contribution >= 0.6 is 0 Å². The van der Waals surface area contributed by atoms with Crippen LogP contribution < -0.4 is 5.73 Å². The molecule has 0 spiro atoms. The molecule has 0 fully saturated rings. The molecular formula is C18H22N4O3. The summed E-state index contributed by atoms with van der Waals surface area (Å²) in [7, 11) is 1.61. The lowest BCUT2D eigenvalue weighted by atomic mass is 10.2. The summed E-state index contributed by atoms with van der Waals surface area (Å²) in [6, 6.07) is 7.51. The van der Waals surface area contributed by atoms with E-state index >= 15 is 0 Å². The number of carbonyl (C=O) groups excluding carboxylic acids is 1. The van der Waals surface area contributed by atoms with Crippen LogP contribution in [0.3, 0.4) is 0 Å². The average molecular weight is 342 g/mol. The van der Waals surface area contributed by atoms with Gasteiger partial charge in [-0.2, -0.15) is 0 Å². The van der Waals surface area contributed by atoms with Gasteiger partial charge in [0, 0.05) is 13.7 Å². The van der Waals surface area contributed by atoms with Crippen LogP contribution in [0.25, 0.3) is 22.2 Å². The summed E-state index contributed by atoms with van der Waals surface area (Å²) in [6.07, 6.45) is 0. The first kappa shape index (κ1) is 17.2. The van der Waals surface area contributed by atoms with Crippen molar-refractivity contribution in [2.45, 2.75) is 20.4 Å². The highest BCUT2D eigenvalue weighted by molar-refractivity contribution is 6.08. The van der Waals surface area contributed by atoms with Gasteiger partial charge >= 0.3 is 5.97 Å². The van der Waals surface area contributed by atoms with Gasteiger partial charge in [0.05, 0.1) is 24.2 Å². The SMILES string of the molecule is COCCn1c(N)c(C(=O)OCC(C)C)c2nc3ccccc3nc21. The third kappa shape index (κ3) is 3.28. The van der Waals surface area contributed by atoms with Crippen LogP contribution in [-0.2, 0) is 16.0 Å². The second-order valence-corrected chi connectivity index (χ2v) is 6.28.